The maximum atomic E-state index is 12.1. The summed E-state index contributed by atoms with van der Waals surface area (Å²) in [6, 6.07) is 3.71. The lowest BCUT2D eigenvalue weighted by Gasteiger charge is -2.11. The van der Waals surface area contributed by atoms with E-state index in [4.69, 9.17) is 0 Å². The number of anilines is 1. The normalized spacial score (nSPS) is 10.4. The molecular formula is C12H15F2N3O3. The molecule has 8 heteroatoms. The summed E-state index contributed by atoms with van der Waals surface area (Å²) in [5.74, 6) is -0.771. The van der Waals surface area contributed by atoms with Crippen molar-refractivity contribution in [2.24, 2.45) is 0 Å². The number of nitrogens with zero attached hydrogens (tertiary/aromatic N) is 1. The summed E-state index contributed by atoms with van der Waals surface area (Å²) in [7, 11) is 0. The zero-order chi connectivity index (χ0) is 15.1. The molecule has 1 aromatic carbocycles. The number of halogens is 2. The molecule has 20 heavy (non-hydrogen) atoms. The SMILES string of the molecule is CCCNc1ccc([N+](=O)[O-])cc1C(=O)NCC(F)F. The highest BCUT2D eigenvalue weighted by Gasteiger charge is 2.17. The van der Waals surface area contributed by atoms with Crippen LogP contribution in [0, 0.1) is 10.1 Å². The molecule has 0 atom stereocenters. The second-order valence-electron chi connectivity index (χ2n) is 4.01. The Balaban J connectivity index is 3.00. The second kappa shape index (κ2) is 7.37. The van der Waals surface area contributed by atoms with Crippen LogP contribution in [0.5, 0.6) is 0 Å². The van der Waals surface area contributed by atoms with Gasteiger partial charge in [-0.15, -0.1) is 0 Å². The number of nitro benzene ring substituents is 1. The lowest BCUT2D eigenvalue weighted by atomic mass is 10.1. The zero-order valence-corrected chi connectivity index (χ0v) is 10.9. The molecule has 0 heterocycles. The van der Waals surface area contributed by atoms with Gasteiger partial charge in [-0.3, -0.25) is 14.9 Å². The van der Waals surface area contributed by atoms with Crippen molar-refractivity contribution in [1.29, 1.82) is 0 Å². The fourth-order valence-corrected chi connectivity index (χ4v) is 1.51. The highest BCUT2D eigenvalue weighted by Crippen LogP contribution is 2.22. The fourth-order valence-electron chi connectivity index (χ4n) is 1.51. The molecule has 0 fully saturated rings. The van der Waals surface area contributed by atoms with Crippen molar-refractivity contribution in [3.8, 4) is 0 Å². The van der Waals surface area contributed by atoms with Gasteiger partial charge in [-0.05, 0) is 12.5 Å². The van der Waals surface area contributed by atoms with Crippen LogP contribution in [0.1, 0.15) is 23.7 Å². The number of rotatable bonds is 7. The quantitative estimate of drug-likeness (QED) is 0.596. The molecule has 0 spiro atoms. The Labute approximate surface area is 114 Å². The molecule has 0 aliphatic heterocycles. The van der Waals surface area contributed by atoms with E-state index in [9.17, 15) is 23.7 Å². The van der Waals surface area contributed by atoms with E-state index < -0.39 is 23.8 Å². The fraction of sp³-hybridized carbons (Fsp3) is 0.417. The molecule has 0 aliphatic carbocycles. The first-order valence-electron chi connectivity index (χ1n) is 6.04. The Kier molecular flexibility index (Phi) is 5.82. The highest BCUT2D eigenvalue weighted by atomic mass is 19.3. The Morgan fingerprint density at radius 3 is 2.70 bits per heavy atom. The van der Waals surface area contributed by atoms with Gasteiger partial charge in [0.2, 0.25) is 0 Å². The predicted molar refractivity (Wildman–Crippen MR) is 70.2 cm³/mol. The average Bonchev–Trinajstić information content (AvgIpc) is 2.42. The Hall–Kier alpha value is -2.25. The number of benzene rings is 1. The molecule has 0 saturated heterocycles. The van der Waals surface area contributed by atoms with Crippen LogP contribution in [0.25, 0.3) is 0 Å². The van der Waals surface area contributed by atoms with Crippen LogP contribution in [0.15, 0.2) is 18.2 Å². The Bertz CT molecular complexity index is 495. The van der Waals surface area contributed by atoms with Crippen molar-refractivity contribution in [2.75, 3.05) is 18.4 Å². The van der Waals surface area contributed by atoms with Gasteiger partial charge >= 0.3 is 0 Å². The van der Waals surface area contributed by atoms with Crippen molar-refractivity contribution in [3.05, 3.63) is 33.9 Å². The van der Waals surface area contributed by atoms with Crippen LogP contribution < -0.4 is 10.6 Å². The standard InChI is InChI=1S/C12H15F2N3O3/c1-2-5-15-10-4-3-8(17(19)20)6-9(10)12(18)16-7-11(13)14/h3-4,6,11,15H,2,5,7H2,1H3,(H,16,18). The first kappa shape index (κ1) is 15.8. The van der Waals surface area contributed by atoms with E-state index >= 15 is 0 Å². The van der Waals surface area contributed by atoms with E-state index in [2.05, 4.69) is 5.32 Å². The molecule has 0 bridgehead atoms. The van der Waals surface area contributed by atoms with Gasteiger partial charge in [-0.2, -0.15) is 0 Å². The zero-order valence-electron chi connectivity index (χ0n) is 10.9. The van der Waals surface area contributed by atoms with Crippen molar-refractivity contribution in [1.82, 2.24) is 5.32 Å². The van der Waals surface area contributed by atoms with Crippen LogP contribution in [0.2, 0.25) is 0 Å². The molecule has 1 aromatic rings. The monoisotopic (exact) mass is 287 g/mol. The van der Waals surface area contributed by atoms with E-state index in [-0.39, 0.29) is 11.3 Å². The Morgan fingerprint density at radius 2 is 2.15 bits per heavy atom. The number of nitro groups is 1. The Morgan fingerprint density at radius 1 is 1.45 bits per heavy atom. The summed E-state index contributed by atoms with van der Waals surface area (Å²) >= 11 is 0. The third-order valence-electron chi connectivity index (χ3n) is 2.44. The highest BCUT2D eigenvalue weighted by molar-refractivity contribution is 6.00. The van der Waals surface area contributed by atoms with Crippen LogP contribution in [0.4, 0.5) is 20.2 Å². The van der Waals surface area contributed by atoms with E-state index in [1.54, 1.807) is 0 Å². The molecule has 1 rings (SSSR count). The average molecular weight is 287 g/mol. The first-order valence-corrected chi connectivity index (χ1v) is 6.04. The van der Waals surface area contributed by atoms with Gasteiger partial charge in [0.15, 0.2) is 0 Å². The van der Waals surface area contributed by atoms with Gasteiger partial charge < -0.3 is 10.6 Å². The molecule has 0 aliphatic rings. The van der Waals surface area contributed by atoms with Crippen LogP contribution >= 0.6 is 0 Å². The minimum Gasteiger partial charge on any atom is -0.384 e. The summed E-state index contributed by atoms with van der Waals surface area (Å²) in [4.78, 5) is 21.9. The van der Waals surface area contributed by atoms with Crippen molar-refractivity contribution >= 4 is 17.3 Å². The third kappa shape index (κ3) is 4.45. The largest absolute Gasteiger partial charge is 0.384 e. The van der Waals surface area contributed by atoms with Gasteiger partial charge in [0.1, 0.15) is 0 Å². The topological polar surface area (TPSA) is 84.3 Å². The summed E-state index contributed by atoms with van der Waals surface area (Å²) in [5.41, 5.74) is 0.0896. The predicted octanol–water partition coefficient (Wildman–Crippen LogP) is 2.41. The van der Waals surface area contributed by atoms with Crippen LogP contribution in [-0.4, -0.2) is 30.3 Å². The molecule has 0 saturated carbocycles. The van der Waals surface area contributed by atoms with Gasteiger partial charge in [-0.25, -0.2) is 8.78 Å². The smallest absolute Gasteiger partial charge is 0.270 e. The van der Waals surface area contributed by atoms with Gasteiger partial charge in [0, 0.05) is 24.4 Å². The number of carbonyl (C=O) groups is 1. The van der Waals surface area contributed by atoms with Gasteiger partial charge in [0.25, 0.3) is 18.0 Å². The number of alkyl halides is 2. The summed E-state index contributed by atoms with van der Waals surface area (Å²) < 4.78 is 24.2. The summed E-state index contributed by atoms with van der Waals surface area (Å²) in [6.07, 6.45) is -1.89. The van der Waals surface area contributed by atoms with Crippen molar-refractivity contribution in [2.45, 2.75) is 19.8 Å². The number of non-ortho nitro benzene ring substituents is 1. The van der Waals surface area contributed by atoms with E-state index in [0.29, 0.717) is 12.2 Å². The number of carbonyl (C=O) groups excluding carboxylic acids is 1. The maximum Gasteiger partial charge on any atom is 0.270 e. The number of hydrogen-bond acceptors (Lipinski definition) is 4. The number of nitrogens with one attached hydrogen (secondary N) is 2. The lowest BCUT2D eigenvalue weighted by Crippen LogP contribution is -2.29. The van der Waals surface area contributed by atoms with Gasteiger partial charge in [-0.1, -0.05) is 6.92 Å². The van der Waals surface area contributed by atoms with Crippen LogP contribution in [-0.2, 0) is 0 Å². The van der Waals surface area contributed by atoms with Gasteiger partial charge in [0.05, 0.1) is 17.0 Å². The minimum atomic E-state index is -2.68. The number of amides is 1. The van der Waals surface area contributed by atoms with E-state index in [1.807, 2.05) is 12.2 Å². The third-order valence-corrected chi connectivity index (χ3v) is 2.44. The van der Waals surface area contributed by atoms with Crippen molar-refractivity contribution < 1.29 is 18.5 Å². The lowest BCUT2D eigenvalue weighted by molar-refractivity contribution is -0.384. The van der Waals surface area contributed by atoms with E-state index in [1.165, 1.54) is 12.1 Å². The van der Waals surface area contributed by atoms with Crippen molar-refractivity contribution in [3.63, 3.8) is 0 Å². The second-order valence-corrected chi connectivity index (χ2v) is 4.01. The molecule has 110 valence electrons. The molecular weight excluding hydrogens is 272 g/mol. The molecule has 1 amide bonds. The minimum absolute atomic E-state index is 0.0201. The number of hydrogen-bond donors (Lipinski definition) is 2. The molecule has 0 radical (unpaired) electrons. The molecule has 0 unspecified atom stereocenters. The summed E-state index contributed by atoms with van der Waals surface area (Å²) in [5, 5.41) is 15.7. The van der Waals surface area contributed by atoms with Crippen LogP contribution in [0.3, 0.4) is 0 Å². The maximum absolute atomic E-state index is 12.1. The molecule has 6 nitrogen and oxygen atoms in total. The first-order chi connectivity index (χ1) is 9.45. The molecule has 2 N–H and O–H groups in total. The summed E-state index contributed by atoms with van der Waals surface area (Å²) in [6.45, 7) is 1.68. The van der Waals surface area contributed by atoms with E-state index in [0.717, 1.165) is 12.5 Å². The molecule has 0 aromatic heterocycles.